The molecule has 1 aromatic heterocycles. The average molecular weight is 413 g/mol. The molecule has 0 fully saturated rings. The summed E-state index contributed by atoms with van der Waals surface area (Å²) in [5.74, 6) is -0.912. The van der Waals surface area contributed by atoms with Gasteiger partial charge in [-0.1, -0.05) is 36.4 Å². The van der Waals surface area contributed by atoms with E-state index >= 15 is 0 Å². The molecule has 6 heteroatoms. The summed E-state index contributed by atoms with van der Waals surface area (Å²) in [7, 11) is 0. The maximum absolute atomic E-state index is 12.7. The van der Waals surface area contributed by atoms with Crippen LogP contribution in [0.25, 0.3) is 21.7 Å². The zero-order valence-electron chi connectivity index (χ0n) is 16.9. The second-order valence-electron chi connectivity index (χ2n) is 7.64. The zero-order valence-corrected chi connectivity index (χ0v) is 16.9. The lowest BCUT2D eigenvalue weighted by Crippen LogP contribution is -2.20. The third-order valence-electron chi connectivity index (χ3n) is 5.67. The predicted molar refractivity (Wildman–Crippen MR) is 116 cm³/mol. The number of aryl methyl sites for hydroxylation is 2. The van der Waals surface area contributed by atoms with E-state index in [1.165, 1.54) is 0 Å². The van der Waals surface area contributed by atoms with Gasteiger partial charge in [0, 0.05) is 34.0 Å². The molecule has 6 nitrogen and oxygen atoms in total. The van der Waals surface area contributed by atoms with Crippen molar-refractivity contribution in [1.29, 1.82) is 0 Å². The van der Waals surface area contributed by atoms with Crippen molar-refractivity contribution in [2.75, 3.05) is 11.9 Å². The lowest BCUT2D eigenvalue weighted by Gasteiger charge is -2.17. The minimum Gasteiger partial charge on any atom is -0.451 e. The van der Waals surface area contributed by atoms with E-state index in [4.69, 9.17) is 9.15 Å². The van der Waals surface area contributed by atoms with E-state index in [9.17, 15) is 14.4 Å². The van der Waals surface area contributed by atoms with E-state index in [0.29, 0.717) is 29.6 Å². The third kappa shape index (κ3) is 3.36. The highest BCUT2D eigenvalue weighted by Gasteiger charge is 2.22. The molecule has 0 spiro atoms. The summed E-state index contributed by atoms with van der Waals surface area (Å²) in [4.78, 5) is 36.7. The van der Waals surface area contributed by atoms with Crippen LogP contribution in [0.3, 0.4) is 0 Å². The Kier molecular flexibility index (Phi) is 4.55. The van der Waals surface area contributed by atoms with Gasteiger partial charge in [0.2, 0.25) is 11.7 Å². The van der Waals surface area contributed by atoms with Crippen LogP contribution in [0.1, 0.15) is 38.5 Å². The number of benzene rings is 3. The van der Waals surface area contributed by atoms with Crippen molar-refractivity contribution < 1.29 is 23.5 Å². The van der Waals surface area contributed by atoms with Crippen molar-refractivity contribution in [3.63, 3.8) is 0 Å². The first kappa shape index (κ1) is 19.1. The highest BCUT2D eigenvalue weighted by atomic mass is 16.5. The number of ether oxygens (including phenoxy) is 1. The monoisotopic (exact) mass is 413 g/mol. The number of nitrogens with one attached hydrogen (secondary N) is 1. The van der Waals surface area contributed by atoms with E-state index in [1.54, 1.807) is 25.1 Å². The molecule has 1 aliphatic heterocycles. The van der Waals surface area contributed by atoms with Crippen molar-refractivity contribution in [2.45, 2.75) is 19.8 Å². The normalized spacial score (nSPS) is 13.1. The smallest absolute Gasteiger partial charge is 0.375 e. The Morgan fingerprint density at radius 2 is 1.87 bits per heavy atom. The standard InChI is InChI=1S/C25H19NO5/c1-14-18-9-6-15-4-2-3-5-19(15)24(18)31-23(14)25(29)30-13-21(27)17-7-10-20-16(12-17)8-11-22(28)26-20/h2-7,9-10,12H,8,11,13H2,1H3,(H,26,28). The van der Waals surface area contributed by atoms with Crippen LogP contribution in [0.4, 0.5) is 5.69 Å². The molecule has 3 aromatic carbocycles. The number of carbonyl (C=O) groups is 3. The van der Waals surface area contributed by atoms with E-state index in [0.717, 1.165) is 27.4 Å². The fourth-order valence-electron chi connectivity index (χ4n) is 3.98. The van der Waals surface area contributed by atoms with Crippen molar-refractivity contribution in [1.82, 2.24) is 0 Å². The first-order valence-electron chi connectivity index (χ1n) is 10.1. The van der Waals surface area contributed by atoms with Gasteiger partial charge in [0.25, 0.3) is 0 Å². The summed E-state index contributed by atoms with van der Waals surface area (Å²) < 4.78 is 11.1. The number of furan rings is 1. The Morgan fingerprint density at radius 3 is 2.74 bits per heavy atom. The topological polar surface area (TPSA) is 85.6 Å². The number of anilines is 1. The van der Waals surface area contributed by atoms with Crippen LogP contribution < -0.4 is 5.32 Å². The number of hydrogen-bond donors (Lipinski definition) is 1. The molecule has 0 bridgehead atoms. The van der Waals surface area contributed by atoms with Crippen LogP contribution in [0, 0.1) is 6.92 Å². The van der Waals surface area contributed by atoms with Gasteiger partial charge in [-0.15, -0.1) is 0 Å². The number of Topliss-reactive ketones (excluding diaryl/α,β-unsaturated/α-hetero) is 1. The molecule has 1 N–H and O–H groups in total. The van der Waals surface area contributed by atoms with Crippen LogP contribution in [-0.2, 0) is 16.0 Å². The molecular weight excluding hydrogens is 394 g/mol. The summed E-state index contributed by atoms with van der Waals surface area (Å²) in [6.07, 6.45) is 0.966. The zero-order chi connectivity index (χ0) is 21.5. The molecule has 0 unspecified atom stereocenters. The molecule has 2 heterocycles. The Hall–Kier alpha value is -3.93. The van der Waals surface area contributed by atoms with Crippen LogP contribution in [0.15, 0.2) is 59.0 Å². The van der Waals surface area contributed by atoms with Gasteiger partial charge in [-0.25, -0.2) is 4.79 Å². The Labute approximate surface area is 177 Å². The minimum atomic E-state index is -0.670. The molecule has 0 aliphatic carbocycles. The van der Waals surface area contributed by atoms with Gasteiger partial charge in [-0.05, 0) is 42.5 Å². The summed E-state index contributed by atoms with van der Waals surface area (Å²) in [5.41, 5.74) is 3.37. The maximum Gasteiger partial charge on any atom is 0.375 e. The van der Waals surface area contributed by atoms with Gasteiger partial charge < -0.3 is 14.5 Å². The molecule has 0 saturated carbocycles. The number of esters is 1. The lowest BCUT2D eigenvalue weighted by molar-refractivity contribution is -0.116. The van der Waals surface area contributed by atoms with Crippen LogP contribution >= 0.6 is 0 Å². The number of rotatable bonds is 4. The minimum absolute atomic E-state index is 0.0329. The lowest BCUT2D eigenvalue weighted by atomic mass is 9.99. The molecular formula is C25H19NO5. The van der Waals surface area contributed by atoms with Crippen LogP contribution in [0.2, 0.25) is 0 Å². The number of hydrogen-bond acceptors (Lipinski definition) is 5. The van der Waals surface area contributed by atoms with Crippen LogP contribution in [0.5, 0.6) is 0 Å². The Bertz CT molecular complexity index is 1380. The number of carbonyl (C=O) groups excluding carboxylic acids is 3. The van der Waals surface area contributed by atoms with Crippen molar-refractivity contribution in [3.8, 4) is 0 Å². The summed E-state index contributed by atoms with van der Waals surface area (Å²) in [6.45, 7) is 1.41. The Balaban J connectivity index is 1.35. The van der Waals surface area contributed by atoms with Gasteiger partial charge >= 0.3 is 5.97 Å². The molecule has 0 atom stereocenters. The number of fused-ring (bicyclic) bond motifs is 4. The fraction of sp³-hybridized carbons (Fsp3) is 0.160. The molecule has 1 amide bonds. The van der Waals surface area contributed by atoms with Crippen molar-refractivity contribution in [2.24, 2.45) is 0 Å². The summed E-state index contributed by atoms with van der Waals surface area (Å²) in [5, 5.41) is 5.55. The number of ketones is 1. The number of amides is 1. The van der Waals surface area contributed by atoms with Gasteiger partial charge in [0.1, 0.15) is 5.58 Å². The first-order chi connectivity index (χ1) is 15.0. The van der Waals surface area contributed by atoms with E-state index in [-0.39, 0.29) is 24.1 Å². The highest BCUT2D eigenvalue weighted by Crippen LogP contribution is 2.32. The van der Waals surface area contributed by atoms with Crippen LogP contribution in [-0.4, -0.2) is 24.3 Å². The van der Waals surface area contributed by atoms with E-state index < -0.39 is 5.97 Å². The largest absolute Gasteiger partial charge is 0.451 e. The molecule has 0 saturated heterocycles. The summed E-state index contributed by atoms with van der Waals surface area (Å²) in [6, 6.07) is 16.8. The van der Waals surface area contributed by atoms with Crippen molar-refractivity contribution >= 4 is 45.1 Å². The van der Waals surface area contributed by atoms with Gasteiger partial charge in [-0.3, -0.25) is 9.59 Å². The molecule has 4 aromatic rings. The first-order valence-corrected chi connectivity index (χ1v) is 10.1. The maximum atomic E-state index is 12.7. The predicted octanol–water partition coefficient (Wildman–Crippen LogP) is 4.82. The summed E-state index contributed by atoms with van der Waals surface area (Å²) >= 11 is 0. The van der Waals surface area contributed by atoms with Gasteiger partial charge in [-0.2, -0.15) is 0 Å². The SMILES string of the molecule is Cc1c(C(=O)OCC(=O)c2ccc3c(c2)CCC(=O)N3)oc2c1ccc1ccccc12. The molecule has 1 aliphatic rings. The molecule has 31 heavy (non-hydrogen) atoms. The Morgan fingerprint density at radius 1 is 1.03 bits per heavy atom. The van der Waals surface area contributed by atoms with Gasteiger partial charge in [0.15, 0.2) is 12.4 Å². The highest BCUT2D eigenvalue weighted by molar-refractivity contribution is 6.08. The van der Waals surface area contributed by atoms with Gasteiger partial charge in [0.05, 0.1) is 0 Å². The van der Waals surface area contributed by atoms with Crippen molar-refractivity contribution in [3.05, 3.63) is 77.0 Å². The average Bonchev–Trinajstić information content (AvgIpc) is 3.14. The second-order valence-corrected chi connectivity index (χ2v) is 7.64. The quantitative estimate of drug-likeness (QED) is 0.383. The molecule has 154 valence electrons. The van der Waals surface area contributed by atoms with E-state index in [1.807, 2.05) is 36.4 Å². The van der Waals surface area contributed by atoms with E-state index in [2.05, 4.69) is 5.32 Å². The molecule has 0 radical (unpaired) electrons. The second kappa shape index (κ2) is 7.40. The fourth-order valence-corrected chi connectivity index (χ4v) is 3.98. The molecule has 5 rings (SSSR count). The third-order valence-corrected chi connectivity index (χ3v) is 5.67.